The second-order valence-electron chi connectivity index (χ2n) is 5.68. The molecule has 1 saturated carbocycles. The van der Waals surface area contributed by atoms with E-state index in [4.69, 9.17) is 0 Å². The number of carbonyl (C=O) groups is 2. The van der Waals surface area contributed by atoms with Crippen LogP contribution in [-0.2, 0) is 14.3 Å². The highest BCUT2D eigenvalue weighted by molar-refractivity contribution is 8.19. The zero-order valence-corrected chi connectivity index (χ0v) is 13.8. The van der Waals surface area contributed by atoms with Crippen LogP contribution in [0.4, 0.5) is 0 Å². The third-order valence-electron chi connectivity index (χ3n) is 4.05. The van der Waals surface area contributed by atoms with Crippen molar-refractivity contribution in [2.24, 2.45) is 0 Å². The number of carbonyl (C=O) groups excluding carboxylic acids is 2. The van der Waals surface area contributed by atoms with E-state index >= 15 is 0 Å². The Kier molecular flexibility index (Phi) is 6.27. The first-order valence-electron chi connectivity index (χ1n) is 7.54. The minimum atomic E-state index is -0.105. The average Bonchev–Trinajstić information content (AvgIpc) is 2.43. The topological polar surface area (TPSA) is 43.4 Å². The Labute approximate surface area is 130 Å². The maximum Gasteiger partial charge on any atom is 0.305 e. The van der Waals surface area contributed by atoms with Crippen molar-refractivity contribution in [2.45, 2.75) is 67.1 Å². The molecular formula is C15H24O3S2. The summed E-state index contributed by atoms with van der Waals surface area (Å²) in [6, 6.07) is 0. The van der Waals surface area contributed by atoms with E-state index in [0.29, 0.717) is 17.5 Å². The van der Waals surface area contributed by atoms with Crippen LogP contribution in [0.3, 0.4) is 0 Å². The van der Waals surface area contributed by atoms with Crippen LogP contribution in [0.15, 0.2) is 0 Å². The third kappa shape index (κ3) is 4.69. The summed E-state index contributed by atoms with van der Waals surface area (Å²) in [5.74, 6) is 1.52. The number of hydrogen-bond donors (Lipinski definition) is 0. The van der Waals surface area contributed by atoms with Crippen molar-refractivity contribution in [1.29, 1.82) is 0 Å². The molecule has 2 fully saturated rings. The summed E-state index contributed by atoms with van der Waals surface area (Å²) >= 11 is 4.06. The molecular weight excluding hydrogens is 292 g/mol. The van der Waals surface area contributed by atoms with Gasteiger partial charge in [-0.25, -0.2) is 0 Å². The molecule has 0 aromatic rings. The number of ether oxygens (including phenoxy) is 1. The summed E-state index contributed by atoms with van der Waals surface area (Å²) in [6.45, 7) is 0. The van der Waals surface area contributed by atoms with Crippen molar-refractivity contribution in [2.75, 3.05) is 12.9 Å². The summed E-state index contributed by atoms with van der Waals surface area (Å²) in [7, 11) is 1.44. The second kappa shape index (κ2) is 7.74. The molecule has 0 N–H and O–H groups in total. The molecule has 5 heteroatoms. The molecule has 1 saturated heterocycles. The van der Waals surface area contributed by atoms with Crippen molar-refractivity contribution in [3.05, 3.63) is 0 Å². The van der Waals surface area contributed by atoms with E-state index in [1.165, 1.54) is 25.7 Å². The van der Waals surface area contributed by atoms with Crippen molar-refractivity contribution < 1.29 is 14.3 Å². The summed E-state index contributed by atoms with van der Waals surface area (Å²) < 4.78 is 4.84. The molecule has 0 aromatic carbocycles. The number of unbranched alkanes of at least 4 members (excludes halogenated alkanes) is 1. The molecule has 0 aromatic heterocycles. The van der Waals surface area contributed by atoms with Crippen LogP contribution in [0.2, 0.25) is 0 Å². The normalized spacial score (nSPS) is 30.4. The highest BCUT2D eigenvalue weighted by Gasteiger charge is 2.41. The number of thioether (sulfide) groups is 2. The van der Waals surface area contributed by atoms with E-state index < -0.39 is 0 Å². The molecule has 1 spiro atoms. The minimum absolute atomic E-state index is 0.105. The van der Waals surface area contributed by atoms with Gasteiger partial charge < -0.3 is 4.74 Å². The van der Waals surface area contributed by atoms with Gasteiger partial charge in [0.1, 0.15) is 5.78 Å². The summed E-state index contributed by atoms with van der Waals surface area (Å²) in [5.41, 5.74) is 0. The van der Waals surface area contributed by atoms with Gasteiger partial charge in [0.15, 0.2) is 0 Å². The molecule has 2 atom stereocenters. The minimum Gasteiger partial charge on any atom is -0.469 e. The molecule has 1 heterocycles. The molecule has 114 valence electrons. The molecule has 1 aliphatic carbocycles. The fraction of sp³-hybridized carbons (Fsp3) is 0.867. The maximum absolute atomic E-state index is 11.7. The lowest BCUT2D eigenvalue weighted by atomic mass is 9.98. The highest BCUT2D eigenvalue weighted by atomic mass is 32.2. The van der Waals surface area contributed by atoms with Crippen LogP contribution in [0.5, 0.6) is 0 Å². The van der Waals surface area contributed by atoms with E-state index in [1.807, 2.05) is 23.5 Å². The number of esters is 1. The van der Waals surface area contributed by atoms with Gasteiger partial charge in [0.2, 0.25) is 0 Å². The Bertz CT molecular complexity index is 355. The Hall–Kier alpha value is -0.160. The van der Waals surface area contributed by atoms with Crippen molar-refractivity contribution in [1.82, 2.24) is 0 Å². The first kappa shape index (κ1) is 16.2. The first-order valence-corrected chi connectivity index (χ1v) is 9.40. The molecule has 20 heavy (non-hydrogen) atoms. The molecule has 2 rings (SSSR count). The molecule has 3 nitrogen and oxygen atoms in total. The number of ketones is 1. The predicted molar refractivity (Wildman–Crippen MR) is 85.1 cm³/mol. The zero-order valence-electron chi connectivity index (χ0n) is 12.2. The van der Waals surface area contributed by atoms with E-state index in [-0.39, 0.29) is 10.0 Å². The van der Waals surface area contributed by atoms with Gasteiger partial charge in [0.05, 0.1) is 11.2 Å². The Morgan fingerprint density at radius 3 is 3.05 bits per heavy atom. The maximum atomic E-state index is 11.7. The molecule has 0 amide bonds. The van der Waals surface area contributed by atoms with Crippen LogP contribution in [0.1, 0.15) is 57.8 Å². The van der Waals surface area contributed by atoms with Gasteiger partial charge in [0.25, 0.3) is 0 Å². The highest BCUT2D eigenvalue weighted by Crippen LogP contribution is 2.53. The van der Waals surface area contributed by atoms with E-state index in [0.717, 1.165) is 38.5 Å². The molecule has 0 bridgehead atoms. The lowest BCUT2D eigenvalue weighted by molar-refractivity contribution is -0.140. The quantitative estimate of drug-likeness (QED) is 0.570. The van der Waals surface area contributed by atoms with Crippen LogP contribution < -0.4 is 0 Å². The van der Waals surface area contributed by atoms with E-state index in [2.05, 4.69) is 4.74 Å². The predicted octanol–water partition coefficient (Wildman–Crippen LogP) is 3.80. The van der Waals surface area contributed by atoms with E-state index in [9.17, 15) is 9.59 Å². The lowest BCUT2D eigenvalue weighted by Gasteiger charge is -2.42. The van der Waals surface area contributed by atoms with Crippen LogP contribution in [0, 0.1) is 0 Å². The summed E-state index contributed by atoms with van der Waals surface area (Å²) in [4.78, 5) is 22.8. The zero-order chi connectivity index (χ0) is 14.4. The number of methoxy groups -OCH3 is 1. The SMILES string of the molecule is COC(=O)CCCCC1CCSC2(CCCC(=O)C2)S1. The first-order chi connectivity index (χ1) is 9.63. The van der Waals surface area contributed by atoms with Gasteiger partial charge in [-0.1, -0.05) is 6.42 Å². The summed E-state index contributed by atoms with van der Waals surface area (Å²) in [6.07, 6.45) is 8.74. The van der Waals surface area contributed by atoms with Crippen LogP contribution >= 0.6 is 23.5 Å². The third-order valence-corrected chi connectivity index (χ3v) is 7.59. The van der Waals surface area contributed by atoms with Gasteiger partial charge in [0, 0.05) is 24.5 Å². The van der Waals surface area contributed by atoms with Gasteiger partial charge in [-0.2, -0.15) is 0 Å². The lowest BCUT2D eigenvalue weighted by Crippen LogP contribution is -2.35. The fourth-order valence-corrected chi connectivity index (χ4v) is 7.02. The smallest absolute Gasteiger partial charge is 0.305 e. The number of rotatable bonds is 5. The molecule has 1 aliphatic heterocycles. The summed E-state index contributed by atoms with van der Waals surface area (Å²) in [5, 5.41) is 0.666. The Morgan fingerprint density at radius 1 is 1.45 bits per heavy atom. The molecule has 2 unspecified atom stereocenters. The molecule has 2 aliphatic rings. The Morgan fingerprint density at radius 2 is 2.30 bits per heavy atom. The molecule has 0 radical (unpaired) electrons. The standard InChI is InChI=1S/C15H24O3S2/c1-18-14(17)7-3-2-6-13-8-10-19-15(20-13)9-4-5-12(16)11-15/h13H,2-11H2,1H3. The second-order valence-corrected chi connectivity index (χ2v) is 9.10. The van der Waals surface area contributed by atoms with Gasteiger partial charge in [-0.05, 0) is 37.9 Å². The van der Waals surface area contributed by atoms with Crippen molar-refractivity contribution >= 4 is 35.3 Å². The van der Waals surface area contributed by atoms with E-state index in [1.54, 1.807) is 0 Å². The van der Waals surface area contributed by atoms with Crippen molar-refractivity contribution in [3.8, 4) is 0 Å². The largest absolute Gasteiger partial charge is 0.469 e. The van der Waals surface area contributed by atoms with Gasteiger partial charge in [-0.15, -0.1) is 23.5 Å². The van der Waals surface area contributed by atoms with Crippen molar-refractivity contribution in [3.63, 3.8) is 0 Å². The fourth-order valence-electron chi connectivity index (χ4n) is 2.98. The number of hydrogen-bond acceptors (Lipinski definition) is 5. The Balaban J connectivity index is 1.73. The monoisotopic (exact) mass is 316 g/mol. The van der Waals surface area contributed by atoms with Crippen LogP contribution in [-0.4, -0.2) is 33.9 Å². The van der Waals surface area contributed by atoms with Gasteiger partial charge >= 0.3 is 5.97 Å². The average molecular weight is 316 g/mol. The van der Waals surface area contributed by atoms with Crippen LogP contribution in [0.25, 0.3) is 0 Å². The van der Waals surface area contributed by atoms with Gasteiger partial charge in [-0.3, -0.25) is 9.59 Å². The number of Topliss-reactive ketones (excluding diaryl/α,β-unsaturated/α-hetero) is 1.